The summed E-state index contributed by atoms with van der Waals surface area (Å²) in [7, 11) is 0. The molecule has 0 saturated heterocycles. The lowest BCUT2D eigenvalue weighted by molar-refractivity contribution is 0.492. The number of nitrogens with one attached hydrogen (secondary N) is 1. The zero-order valence-electron chi connectivity index (χ0n) is 11.7. The van der Waals surface area contributed by atoms with E-state index in [0.717, 1.165) is 42.5 Å². The van der Waals surface area contributed by atoms with Gasteiger partial charge in [0.05, 0.1) is 0 Å². The van der Waals surface area contributed by atoms with Crippen LogP contribution in [0.15, 0.2) is 30.4 Å². The van der Waals surface area contributed by atoms with Crippen molar-refractivity contribution in [2.24, 2.45) is 0 Å². The lowest BCUT2D eigenvalue weighted by Gasteiger charge is -2.21. The van der Waals surface area contributed by atoms with Gasteiger partial charge in [-0.3, -0.25) is 0 Å². The molecule has 1 atom stereocenters. The van der Waals surface area contributed by atoms with Gasteiger partial charge in [-0.05, 0) is 38.8 Å². The van der Waals surface area contributed by atoms with Crippen molar-refractivity contribution in [3.8, 4) is 0 Å². The van der Waals surface area contributed by atoms with E-state index in [2.05, 4.69) is 25.7 Å². The molecule has 0 spiro atoms. The van der Waals surface area contributed by atoms with E-state index in [4.69, 9.17) is 0 Å². The van der Waals surface area contributed by atoms with Crippen molar-refractivity contribution in [3.05, 3.63) is 47.3 Å². The van der Waals surface area contributed by atoms with E-state index >= 15 is 0 Å². The van der Waals surface area contributed by atoms with Crippen molar-refractivity contribution in [1.82, 2.24) is 5.32 Å². The Balaban J connectivity index is 2.92. The Morgan fingerprint density at radius 2 is 2.11 bits per heavy atom. The molecule has 1 aromatic rings. The third-order valence-electron chi connectivity index (χ3n) is 3.16. The zero-order chi connectivity index (χ0) is 13.5. The Hall–Kier alpha value is -1.15. The van der Waals surface area contributed by atoms with Gasteiger partial charge in [-0.1, -0.05) is 43.7 Å². The molecule has 1 N–H and O–H groups in total. The Morgan fingerprint density at radius 3 is 2.72 bits per heavy atom. The van der Waals surface area contributed by atoms with Gasteiger partial charge in [0, 0.05) is 11.6 Å². The highest BCUT2D eigenvalue weighted by atomic mass is 19.1. The van der Waals surface area contributed by atoms with Crippen LogP contribution in [0.25, 0.3) is 0 Å². The van der Waals surface area contributed by atoms with Gasteiger partial charge in [-0.25, -0.2) is 4.39 Å². The van der Waals surface area contributed by atoms with Crippen molar-refractivity contribution >= 4 is 0 Å². The normalized spacial score (nSPS) is 12.4. The van der Waals surface area contributed by atoms with Crippen LogP contribution in [0.2, 0.25) is 0 Å². The standard InChI is InChI=1S/C16H24FN/c1-5-9-18-16(11-12(3)6-2)14-10-13(4)7-8-15(14)17/h7-8,10,16,18H,3,5-6,9,11H2,1-2,4H3. The number of rotatable bonds is 7. The van der Waals surface area contributed by atoms with Gasteiger partial charge in [0.1, 0.15) is 5.82 Å². The highest BCUT2D eigenvalue weighted by molar-refractivity contribution is 5.28. The number of hydrogen-bond donors (Lipinski definition) is 1. The summed E-state index contributed by atoms with van der Waals surface area (Å²) < 4.78 is 13.9. The summed E-state index contributed by atoms with van der Waals surface area (Å²) in [6.07, 6.45) is 2.79. The molecule has 0 aliphatic heterocycles. The van der Waals surface area contributed by atoms with Gasteiger partial charge in [0.2, 0.25) is 0 Å². The summed E-state index contributed by atoms with van der Waals surface area (Å²) in [6, 6.07) is 5.34. The molecule has 0 aliphatic carbocycles. The molecule has 0 aliphatic rings. The maximum Gasteiger partial charge on any atom is 0.128 e. The maximum atomic E-state index is 13.9. The highest BCUT2D eigenvalue weighted by Crippen LogP contribution is 2.25. The second kappa shape index (κ2) is 7.32. The van der Waals surface area contributed by atoms with Crippen molar-refractivity contribution in [3.63, 3.8) is 0 Å². The van der Waals surface area contributed by atoms with E-state index < -0.39 is 0 Å². The average molecular weight is 249 g/mol. The highest BCUT2D eigenvalue weighted by Gasteiger charge is 2.15. The van der Waals surface area contributed by atoms with Gasteiger partial charge in [0.15, 0.2) is 0 Å². The number of aryl methyl sites for hydroxylation is 1. The van der Waals surface area contributed by atoms with E-state index in [9.17, 15) is 4.39 Å². The van der Waals surface area contributed by atoms with Crippen LogP contribution in [0.1, 0.15) is 50.3 Å². The van der Waals surface area contributed by atoms with Crippen molar-refractivity contribution < 1.29 is 4.39 Å². The van der Waals surface area contributed by atoms with Crippen LogP contribution < -0.4 is 5.32 Å². The Kier molecular flexibility index (Phi) is 6.06. The molecule has 0 bridgehead atoms. The molecule has 0 aromatic heterocycles. The number of halogens is 1. The van der Waals surface area contributed by atoms with Gasteiger partial charge in [0.25, 0.3) is 0 Å². The first-order chi connectivity index (χ1) is 8.58. The molecule has 0 amide bonds. The van der Waals surface area contributed by atoms with Crippen LogP contribution in [0, 0.1) is 12.7 Å². The SMILES string of the molecule is C=C(CC)CC(NCCC)c1cc(C)ccc1F. The summed E-state index contributed by atoms with van der Waals surface area (Å²) in [5, 5.41) is 3.42. The van der Waals surface area contributed by atoms with Gasteiger partial charge in [-0.15, -0.1) is 0 Å². The Morgan fingerprint density at radius 1 is 1.39 bits per heavy atom. The van der Waals surface area contributed by atoms with Crippen LogP contribution in [0.3, 0.4) is 0 Å². The second-order valence-corrected chi connectivity index (χ2v) is 4.84. The average Bonchev–Trinajstić information content (AvgIpc) is 2.37. The first-order valence-electron chi connectivity index (χ1n) is 6.74. The molecule has 1 nitrogen and oxygen atoms in total. The van der Waals surface area contributed by atoms with Crippen LogP contribution in [-0.4, -0.2) is 6.54 Å². The monoisotopic (exact) mass is 249 g/mol. The van der Waals surface area contributed by atoms with E-state index in [1.165, 1.54) is 0 Å². The second-order valence-electron chi connectivity index (χ2n) is 4.84. The van der Waals surface area contributed by atoms with Crippen molar-refractivity contribution in [2.45, 2.75) is 46.1 Å². The van der Waals surface area contributed by atoms with Crippen LogP contribution in [0.4, 0.5) is 4.39 Å². The first-order valence-corrected chi connectivity index (χ1v) is 6.74. The van der Waals surface area contributed by atoms with E-state index in [1.54, 1.807) is 6.07 Å². The fourth-order valence-corrected chi connectivity index (χ4v) is 1.97. The summed E-state index contributed by atoms with van der Waals surface area (Å²) in [4.78, 5) is 0. The molecular weight excluding hydrogens is 225 g/mol. The fourth-order valence-electron chi connectivity index (χ4n) is 1.97. The zero-order valence-corrected chi connectivity index (χ0v) is 11.7. The topological polar surface area (TPSA) is 12.0 Å². The molecule has 18 heavy (non-hydrogen) atoms. The molecule has 0 fully saturated rings. The minimum atomic E-state index is -0.127. The summed E-state index contributed by atoms with van der Waals surface area (Å²) >= 11 is 0. The maximum absolute atomic E-state index is 13.9. The summed E-state index contributed by atoms with van der Waals surface area (Å²) in [6.45, 7) is 11.1. The lowest BCUT2D eigenvalue weighted by atomic mass is 9.96. The third-order valence-corrected chi connectivity index (χ3v) is 3.16. The number of hydrogen-bond acceptors (Lipinski definition) is 1. The Labute approximate surface area is 110 Å². The Bertz CT molecular complexity index is 398. The van der Waals surface area contributed by atoms with E-state index in [-0.39, 0.29) is 11.9 Å². The molecule has 2 heteroatoms. The lowest BCUT2D eigenvalue weighted by Crippen LogP contribution is -2.23. The smallest absolute Gasteiger partial charge is 0.128 e. The molecular formula is C16H24FN. The van der Waals surface area contributed by atoms with Crippen LogP contribution in [0.5, 0.6) is 0 Å². The first kappa shape index (κ1) is 14.9. The molecule has 1 rings (SSSR count). The van der Waals surface area contributed by atoms with E-state index in [0.29, 0.717) is 0 Å². The largest absolute Gasteiger partial charge is 0.310 e. The molecule has 1 aromatic carbocycles. The summed E-state index contributed by atoms with van der Waals surface area (Å²) in [5.74, 6) is -0.127. The van der Waals surface area contributed by atoms with Crippen LogP contribution >= 0.6 is 0 Å². The predicted molar refractivity (Wildman–Crippen MR) is 76.2 cm³/mol. The molecule has 100 valence electrons. The minimum absolute atomic E-state index is 0.0392. The predicted octanol–water partition coefficient (Wildman–Crippen LogP) is 4.53. The van der Waals surface area contributed by atoms with Gasteiger partial charge >= 0.3 is 0 Å². The van der Waals surface area contributed by atoms with Gasteiger partial charge < -0.3 is 5.32 Å². The molecule has 0 saturated carbocycles. The van der Waals surface area contributed by atoms with Crippen molar-refractivity contribution in [1.29, 1.82) is 0 Å². The third kappa shape index (κ3) is 4.26. The summed E-state index contributed by atoms with van der Waals surface area (Å²) in [5.41, 5.74) is 3.01. The molecule has 1 unspecified atom stereocenters. The van der Waals surface area contributed by atoms with E-state index in [1.807, 2.05) is 19.1 Å². The van der Waals surface area contributed by atoms with Crippen molar-refractivity contribution in [2.75, 3.05) is 6.54 Å². The van der Waals surface area contributed by atoms with Gasteiger partial charge in [-0.2, -0.15) is 0 Å². The number of benzene rings is 1. The fraction of sp³-hybridized carbons (Fsp3) is 0.500. The quantitative estimate of drug-likeness (QED) is 0.700. The minimum Gasteiger partial charge on any atom is -0.310 e. The molecule has 0 heterocycles. The van der Waals surface area contributed by atoms with Crippen LogP contribution in [-0.2, 0) is 0 Å². The molecule has 0 radical (unpaired) electrons.